The summed E-state index contributed by atoms with van der Waals surface area (Å²) >= 11 is 0. The summed E-state index contributed by atoms with van der Waals surface area (Å²) < 4.78 is 1.97. The summed E-state index contributed by atoms with van der Waals surface area (Å²) in [5.41, 5.74) is 2.00. The Labute approximate surface area is 157 Å². The molecule has 0 spiro atoms. The van der Waals surface area contributed by atoms with Gasteiger partial charge in [-0.05, 0) is 26.8 Å². The van der Waals surface area contributed by atoms with Gasteiger partial charge in [-0.2, -0.15) is 0 Å². The van der Waals surface area contributed by atoms with Gasteiger partial charge in [0.1, 0.15) is 11.5 Å². The van der Waals surface area contributed by atoms with Crippen molar-refractivity contribution in [2.45, 2.75) is 39.4 Å². The van der Waals surface area contributed by atoms with E-state index in [1.165, 1.54) is 0 Å². The molecule has 0 fully saturated rings. The summed E-state index contributed by atoms with van der Waals surface area (Å²) in [6, 6.07) is 7.62. The zero-order valence-corrected chi connectivity index (χ0v) is 15.7. The molecule has 1 aliphatic heterocycles. The van der Waals surface area contributed by atoms with Gasteiger partial charge in [-0.15, -0.1) is 0 Å². The molecule has 4 rings (SSSR count). The topological polar surface area (TPSA) is 83.0 Å². The van der Waals surface area contributed by atoms with Crippen LogP contribution < -0.4 is 5.32 Å². The molecule has 1 aromatic carbocycles. The Morgan fingerprint density at radius 1 is 1.26 bits per heavy atom. The van der Waals surface area contributed by atoms with Crippen molar-refractivity contribution >= 4 is 22.7 Å². The van der Waals surface area contributed by atoms with E-state index in [9.17, 15) is 9.59 Å². The van der Waals surface area contributed by atoms with Gasteiger partial charge >= 0.3 is 0 Å². The zero-order chi connectivity index (χ0) is 19.1. The average molecular weight is 365 g/mol. The lowest BCUT2D eigenvalue weighted by molar-refractivity contribution is 0.0640. The quantitative estimate of drug-likeness (QED) is 0.749. The van der Waals surface area contributed by atoms with Gasteiger partial charge in [0.2, 0.25) is 0 Å². The fraction of sp³-hybridized carbons (Fsp3) is 0.350. The number of H-pyrrole nitrogens is 1. The molecule has 7 heteroatoms. The van der Waals surface area contributed by atoms with Crippen LogP contribution in [-0.4, -0.2) is 43.8 Å². The van der Waals surface area contributed by atoms with Gasteiger partial charge < -0.3 is 19.8 Å². The lowest BCUT2D eigenvalue weighted by Gasteiger charge is -2.33. The van der Waals surface area contributed by atoms with Gasteiger partial charge in [0.25, 0.3) is 11.8 Å². The van der Waals surface area contributed by atoms with Crippen LogP contribution in [0.2, 0.25) is 0 Å². The number of benzene rings is 1. The number of carbonyl (C=O) groups excluding carboxylic acids is 2. The number of rotatable bonds is 3. The van der Waals surface area contributed by atoms with Crippen molar-refractivity contribution in [2.75, 3.05) is 6.54 Å². The highest BCUT2D eigenvalue weighted by molar-refractivity contribution is 6.06. The third kappa shape index (κ3) is 2.99. The summed E-state index contributed by atoms with van der Waals surface area (Å²) in [4.78, 5) is 34.9. The van der Waals surface area contributed by atoms with Crippen LogP contribution in [0, 0.1) is 0 Å². The van der Waals surface area contributed by atoms with E-state index in [0.29, 0.717) is 24.3 Å². The number of hydrogen-bond acceptors (Lipinski definition) is 3. The van der Waals surface area contributed by atoms with Crippen molar-refractivity contribution < 1.29 is 9.59 Å². The summed E-state index contributed by atoms with van der Waals surface area (Å²) in [6.45, 7) is 6.98. The molecule has 0 aliphatic carbocycles. The third-order valence-corrected chi connectivity index (χ3v) is 4.96. The molecule has 1 aliphatic rings. The number of fused-ring (bicyclic) bond motifs is 2. The second kappa shape index (κ2) is 6.57. The third-order valence-electron chi connectivity index (χ3n) is 4.96. The molecule has 140 valence electrons. The monoisotopic (exact) mass is 365 g/mol. The van der Waals surface area contributed by atoms with Gasteiger partial charge in [0.15, 0.2) is 0 Å². The van der Waals surface area contributed by atoms with Crippen LogP contribution in [0.4, 0.5) is 0 Å². The molecule has 3 heterocycles. The van der Waals surface area contributed by atoms with Crippen molar-refractivity contribution in [1.82, 2.24) is 24.8 Å². The Kier molecular flexibility index (Phi) is 4.22. The van der Waals surface area contributed by atoms with Crippen LogP contribution >= 0.6 is 0 Å². The molecule has 0 bridgehead atoms. The van der Waals surface area contributed by atoms with E-state index in [2.05, 4.69) is 15.3 Å². The van der Waals surface area contributed by atoms with Crippen LogP contribution in [0.1, 0.15) is 53.5 Å². The van der Waals surface area contributed by atoms with Crippen LogP contribution in [0.3, 0.4) is 0 Å². The highest BCUT2D eigenvalue weighted by Crippen LogP contribution is 2.28. The number of nitrogens with one attached hydrogen (secondary N) is 2. The van der Waals surface area contributed by atoms with E-state index in [-0.39, 0.29) is 23.9 Å². The SMILES string of the molecule is CC(C)NC(=O)c1cn2c(n1)[C@@H](C)N(C(=O)c1c[nH]c3ccccc13)CC2. The molecule has 0 saturated heterocycles. The second-order valence-electron chi connectivity index (χ2n) is 7.23. The van der Waals surface area contributed by atoms with Gasteiger partial charge in [0, 0.05) is 42.4 Å². The number of nitrogens with zero attached hydrogens (tertiary/aromatic N) is 3. The first-order valence-corrected chi connectivity index (χ1v) is 9.20. The van der Waals surface area contributed by atoms with Crippen LogP contribution in [0.15, 0.2) is 36.7 Å². The maximum absolute atomic E-state index is 13.2. The molecule has 0 radical (unpaired) electrons. The normalized spacial score (nSPS) is 16.6. The summed E-state index contributed by atoms with van der Waals surface area (Å²) in [5, 5.41) is 3.78. The molecule has 2 amide bonds. The molecule has 1 atom stereocenters. The minimum Gasteiger partial charge on any atom is -0.360 e. The number of hydrogen-bond donors (Lipinski definition) is 2. The Bertz CT molecular complexity index is 1020. The first kappa shape index (κ1) is 17.3. The lowest BCUT2D eigenvalue weighted by atomic mass is 10.1. The van der Waals surface area contributed by atoms with E-state index >= 15 is 0 Å². The fourth-order valence-electron chi connectivity index (χ4n) is 3.62. The minimum absolute atomic E-state index is 0.0256. The molecule has 0 saturated carbocycles. The maximum Gasteiger partial charge on any atom is 0.271 e. The molecule has 7 nitrogen and oxygen atoms in total. The Hall–Kier alpha value is -3.09. The van der Waals surface area contributed by atoms with Crippen molar-refractivity contribution in [3.63, 3.8) is 0 Å². The Balaban J connectivity index is 1.61. The van der Waals surface area contributed by atoms with Crippen LogP contribution in [-0.2, 0) is 6.54 Å². The van der Waals surface area contributed by atoms with Crippen molar-refractivity contribution in [3.05, 3.63) is 53.7 Å². The first-order valence-electron chi connectivity index (χ1n) is 9.20. The lowest BCUT2D eigenvalue weighted by Crippen LogP contribution is -2.41. The van der Waals surface area contributed by atoms with E-state index in [1.807, 2.05) is 54.5 Å². The number of para-hydroxylation sites is 1. The first-order chi connectivity index (χ1) is 13.0. The molecular formula is C20H23N5O2. The molecule has 3 aromatic rings. The highest BCUT2D eigenvalue weighted by atomic mass is 16.2. The molecular weight excluding hydrogens is 342 g/mol. The largest absolute Gasteiger partial charge is 0.360 e. The number of amides is 2. The number of carbonyl (C=O) groups is 2. The van der Waals surface area contributed by atoms with Crippen LogP contribution in [0.25, 0.3) is 10.9 Å². The Morgan fingerprint density at radius 3 is 2.81 bits per heavy atom. The van der Waals surface area contributed by atoms with Crippen molar-refractivity contribution in [2.24, 2.45) is 0 Å². The van der Waals surface area contributed by atoms with Gasteiger partial charge in [-0.3, -0.25) is 9.59 Å². The highest BCUT2D eigenvalue weighted by Gasteiger charge is 2.32. The van der Waals surface area contributed by atoms with E-state index in [0.717, 1.165) is 16.7 Å². The van der Waals surface area contributed by atoms with Crippen molar-refractivity contribution in [1.29, 1.82) is 0 Å². The van der Waals surface area contributed by atoms with Gasteiger partial charge in [0.05, 0.1) is 11.6 Å². The Morgan fingerprint density at radius 2 is 2.04 bits per heavy atom. The molecule has 0 unspecified atom stereocenters. The number of aromatic amines is 1. The van der Waals surface area contributed by atoms with Gasteiger partial charge in [-0.25, -0.2) is 4.98 Å². The molecule has 27 heavy (non-hydrogen) atoms. The molecule has 2 N–H and O–H groups in total. The van der Waals surface area contributed by atoms with E-state index in [4.69, 9.17) is 0 Å². The summed E-state index contributed by atoms with van der Waals surface area (Å²) in [6.07, 6.45) is 3.54. The molecule has 2 aromatic heterocycles. The standard InChI is InChI=1S/C20H23N5O2/c1-12(2)22-19(26)17-11-24-8-9-25(13(3)18(24)23-17)20(27)15-10-21-16-7-5-4-6-14(15)16/h4-7,10-13,21H,8-9H2,1-3H3,(H,22,26)/t13-/m1/s1. The van der Waals surface area contributed by atoms with Gasteiger partial charge in [-0.1, -0.05) is 18.2 Å². The maximum atomic E-state index is 13.2. The van der Waals surface area contributed by atoms with Crippen molar-refractivity contribution in [3.8, 4) is 0 Å². The second-order valence-corrected chi connectivity index (χ2v) is 7.23. The van der Waals surface area contributed by atoms with Crippen LogP contribution in [0.5, 0.6) is 0 Å². The minimum atomic E-state index is -0.208. The number of imidazole rings is 1. The fourth-order valence-corrected chi connectivity index (χ4v) is 3.62. The predicted molar refractivity (Wildman–Crippen MR) is 103 cm³/mol. The number of aromatic nitrogens is 3. The van der Waals surface area contributed by atoms with E-state index in [1.54, 1.807) is 12.4 Å². The predicted octanol–water partition coefficient (Wildman–Crippen LogP) is 2.72. The smallest absolute Gasteiger partial charge is 0.271 e. The summed E-state index contributed by atoms with van der Waals surface area (Å²) in [5.74, 6) is 0.527. The zero-order valence-electron chi connectivity index (χ0n) is 15.7. The summed E-state index contributed by atoms with van der Waals surface area (Å²) in [7, 11) is 0. The van der Waals surface area contributed by atoms with E-state index < -0.39 is 0 Å². The average Bonchev–Trinajstić information content (AvgIpc) is 3.26.